The van der Waals surface area contributed by atoms with Crippen LogP contribution in [0.25, 0.3) is 11.0 Å². The molecule has 2 N–H and O–H groups in total. The lowest BCUT2D eigenvalue weighted by Crippen LogP contribution is -2.40. The van der Waals surface area contributed by atoms with Gasteiger partial charge in [-0.15, -0.1) is 0 Å². The number of amides is 3. The number of benzene rings is 1. The van der Waals surface area contributed by atoms with Crippen molar-refractivity contribution in [2.24, 2.45) is 0 Å². The highest BCUT2D eigenvalue weighted by Crippen LogP contribution is 2.31. The molecule has 0 bridgehead atoms. The number of anilines is 2. The molecule has 0 saturated carbocycles. The number of nitrogens with zero attached hydrogens (tertiary/aromatic N) is 2. The van der Waals surface area contributed by atoms with Gasteiger partial charge in [-0.2, -0.15) is 0 Å². The molecule has 1 aliphatic heterocycles. The predicted molar refractivity (Wildman–Crippen MR) is 128 cm³/mol. The average molecular weight is 485 g/mol. The third-order valence-corrected chi connectivity index (χ3v) is 5.67. The summed E-state index contributed by atoms with van der Waals surface area (Å²) in [4.78, 5) is 43.6. The maximum absolute atomic E-state index is 12.9. The van der Waals surface area contributed by atoms with Gasteiger partial charge in [-0.1, -0.05) is 23.7 Å². The molecule has 2 aromatic heterocycles. The number of hydrogen-bond donors (Lipinski definition) is 2. The molecule has 1 fully saturated rings. The number of unbranched alkanes of at least 4 members (excludes halogenated alkanes) is 1. The van der Waals surface area contributed by atoms with Crippen molar-refractivity contribution in [1.29, 1.82) is 0 Å². The van der Waals surface area contributed by atoms with Crippen molar-refractivity contribution in [3.63, 3.8) is 0 Å². The van der Waals surface area contributed by atoms with Gasteiger partial charge in [0.25, 0.3) is 5.91 Å². The Balaban J connectivity index is 1.37. The minimum Gasteiger partial charge on any atom is -0.449 e. The Hall–Kier alpha value is -3.43. The predicted octanol–water partition coefficient (Wildman–Crippen LogP) is 4.09. The minimum absolute atomic E-state index is 0.0196. The Bertz CT molecular complexity index is 1170. The Labute approximate surface area is 201 Å². The summed E-state index contributed by atoms with van der Waals surface area (Å²) in [6.07, 6.45) is 3.18. The number of aromatic nitrogens is 1. The van der Waals surface area contributed by atoms with E-state index in [9.17, 15) is 14.4 Å². The van der Waals surface area contributed by atoms with Crippen molar-refractivity contribution >= 4 is 51.8 Å². The van der Waals surface area contributed by atoms with E-state index in [-0.39, 0.29) is 24.0 Å². The second kappa shape index (κ2) is 11.1. The number of fused-ring (bicyclic) bond motifs is 1. The van der Waals surface area contributed by atoms with Gasteiger partial charge < -0.3 is 24.7 Å². The first-order valence-electron chi connectivity index (χ1n) is 11.1. The van der Waals surface area contributed by atoms with Crippen molar-refractivity contribution in [2.75, 3.05) is 36.9 Å². The normalized spacial score (nSPS) is 13.6. The van der Waals surface area contributed by atoms with Crippen LogP contribution in [0.15, 0.2) is 47.0 Å². The zero-order chi connectivity index (χ0) is 23.9. The molecule has 3 heterocycles. The van der Waals surface area contributed by atoms with E-state index in [0.717, 1.165) is 0 Å². The number of nitrogens with one attached hydrogen (secondary N) is 2. The van der Waals surface area contributed by atoms with E-state index in [1.807, 2.05) is 0 Å². The highest BCUT2D eigenvalue weighted by Gasteiger charge is 2.23. The molecule has 1 aliphatic rings. The second-order valence-electron chi connectivity index (χ2n) is 7.87. The SMILES string of the molecule is O=C(CCCCC(=O)N1CCOCC1)Nc1c(C(=O)Nc2ccc(Cl)cn2)oc2ccccc12. The summed E-state index contributed by atoms with van der Waals surface area (Å²) in [5.41, 5.74) is 0.777. The summed E-state index contributed by atoms with van der Waals surface area (Å²) < 4.78 is 11.0. The van der Waals surface area contributed by atoms with E-state index in [4.69, 9.17) is 20.8 Å². The molecule has 4 rings (SSSR count). The van der Waals surface area contributed by atoms with E-state index in [2.05, 4.69) is 15.6 Å². The first-order chi connectivity index (χ1) is 16.5. The van der Waals surface area contributed by atoms with Crippen molar-refractivity contribution in [1.82, 2.24) is 9.88 Å². The first-order valence-corrected chi connectivity index (χ1v) is 11.5. The summed E-state index contributed by atoms with van der Waals surface area (Å²) in [7, 11) is 0. The highest BCUT2D eigenvalue weighted by molar-refractivity contribution is 6.30. The van der Waals surface area contributed by atoms with Gasteiger partial charge in [-0.25, -0.2) is 4.98 Å². The van der Waals surface area contributed by atoms with E-state index in [1.165, 1.54) is 6.20 Å². The number of ether oxygens (including phenoxy) is 1. The van der Waals surface area contributed by atoms with E-state index in [1.54, 1.807) is 41.3 Å². The summed E-state index contributed by atoms with van der Waals surface area (Å²) in [5.74, 6) is -0.438. The fourth-order valence-electron chi connectivity index (χ4n) is 3.69. The number of furan rings is 1. The van der Waals surface area contributed by atoms with Gasteiger partial charge in [0.05, 0.1) is 18.2 Å². The minimum atomic E-state index is -0.544. The van der Waals surface area contributed by atoms with Crippen LogP contribution in [0.1, 0.15) is 36.2 Å². The lowest BCUT2D eigenvalue weighted by molar-refractivity contribution is -0.135. The van der Waals surface area contributed by atoms with Crippen LogP contribution in [0.5, 0.6) is 0 Å². The van der Waals surface area contributed by atoms with Gasteiger partial charge in [0.2, 0.25) is 17.6 Å². The van der Waals surface area contributed by atoms with Crippen LogP contribution < -0.4 is 10.6 Å². The molecule has 1 aromatic carbocycles. The molecule has 178 valence electrons. The molecule has 3 aromatic rings. The quantitative estimate of drug-likeness (QED) is 0.465. The summed E-state index contributed by atoms with van der Waals surface area (Å²) >= 11 is 5.84. The highest BCUT2D eigenvalue weighted by atomic mass is 35.5. The van der Waals surface area contributed by atoms with Crippen LogP contribution in [0, 0.1) is 0 Å². The Kier molecular flexibility index (Phi) is 7.76. The monoisotopic (exact) mass is 484 g/mol. The molecule has 0 atom stereocenters. The fourth-order valence-corrected chi connectivity index (χ4v) is 3.80. The Morgan fingerprint density at radius 2 is 1.76 bits per heavy atom. The van der Waals surface area contributed by atoms with Crippen LogP contribution >= 0.6 is 11.6 Å². The van der Waals surface area contributed by atoms with Crippen LogP contribution in [0.3, 0.4) is 0 Å². The van der Waals surface area contributed by atoms with Crippen LogP contribution in [0.4, 0.5) is 11.5 Å². The number of halogens is 1. The Morgan fingerprint density at radius 1 is 1.00 bits per heavy atom. The van der Waals surface area contributed by atoms with E-state index in [0.29, 0.717) is 73.1 Å². The molecule has 0 spiro atoms. The maximum atomic E-state index is 12.9. The molecule has 10 heteroatoms. The number of hydrogen-bond acceptors (Lipinski definition) is 6. The van der Waals surface area contributed by atoms with Crippen LogP contribution in [-0.2, 0) is 14.3 Å². The lowest BCUT2D eigenvalue weighted by Gasteiger charge is -2.26. The smallest absolute Gasteiger partial charge is 0.294 e. The summed E-state index contributed by atoms with van der Waals surface area (Å²) in [5, 5.41) is 6.53. The van der Waals surface area contributed by atoms with Gasteiger partial charge in [0.1, 0.15) is 17.1 Å². The zero-order valence-corrected chi connectivity index (χ0v) is 19.3. The number of para-hydroxylation sites is 1. The number of rotatable bonds is 8. The molecule has 0 unspecified atom stereocenters. The first kappa shape index (κ1) is 23.7. The van der Waals surface area contributed by atoms with Gasteiger partial charge in [-0.3, -0.25) is 14.4 Å². The van der Waals surface area contributed by atoms with Gasteiger partial charge in [0.15, 0.2) is 0 Å². The molecule has 34 heavy (non-hydrogen) atoms. The molecule has 0 radical (unpaired) electrons. The van der Waals surface area contributed by atoms with Crippen molar-refractivity contribution in [2.45, 2.75) is 25.7 Å². The zero-order valence-electron chi connectivity index (χ0n) is 18.5. The van der Waals surface area contributed by atoms with Crippen molar-refractivity contribution in [3.8, 4) is 0 Å². The number of pyridine rings is 1. The number of morpholine rings is 1. The summed E-state index contributed by atoms with van der Waals surface area (Å²) in [6, 6.07) is 10.2. The molecule has 3 amide bonds. The number of carbonyl (C=O) groups is 3. The average Bonchev–Trinajstić information content (AvgIpc) is 3.22. The summed E-state index contributed by atoms with van der Waals surface area (Å²) in [6.45, 7) is 2.36. The van der Waals surface area contributed by atoms with Crippen molar-refractivity contribution in [3.05, 3.63) is 53.4 Å². The molecule has 9 nitrogen and oxygen atoms in total. The molecule has 0 aliphatic carbocycles. The van der Waals surface area contributed by atoms with E-state index >= 15 is 0 Å². The molecular weight excluding hydrogens is 460 g/mol. The maximum Gasteiger partial charge on any atom is 0.294 e. The van der Waals surface area contributed by atoms with Crippen LogP contribution in [-0.4, -0.2) is 53.9 Å². The molecule has 1 saturated heterocycles. The largest absolute Gasteiger partial charge is 0.449 e. The third kappa shape index (κ3) is 5.92. The topological polar surface area (TPSA) is 114 Å². The Morgan fingerprint density at radius 3 is 2.53 bits per heavy atom. The van der Waals surface area contributed by atoms with Crippen molar-refractivity contribution < 1.29 is 23.5 Å². The van der Waals surface area contributed by atoms with Gasteiger partial charge in [-0.05, 0) is 37.1 Å². The van der Waals surface area contributed by atoms with Gasteiger partial charge >= 0.3 is 0 Å². The van der Waals surface area contributed by atoms with Crippen LogP contribution in [0.2, 0.25) is 5.02 Å². The lowest BCUT2D eigenvalue weighted by atomic mass is 10.1. The van der Waals surface area contributed by atoms with E-state index < -0.39 is 5.91 Å². The molecular formula is C24H25ClN4O5. The fraction of sp³-hybridized carbons (Fsp3) is 0.333. The number of carbonyl (C=O) groups excluding carboxylic acids is 3. The third-order valence-electron chi connectivity index (χ3n) is 5.44. The second-order valence-corrected chi connectivity index (χ2v) is 8.30. The van der Waals surface area contributed by atoms with Gasteiger partial charge in [0, 0.05) is 37.5 Å². The standard InChI is InChI=1S/C24H25ClN4O5/c25-16-9-10-19(26-15-16)27-24(32)23-22(17-5-1-2-6-18(17)34-23)28-20(30)7-3-4-8-21(31)29-11-13-33-14-12-29/h1-2,5-6,9-10,15H,3-4,7-8,11-14H2,(H,28,30)(H,26,27,32).